The van der Waals surface area contributed by atoms with Gasteiger partial charge in [-0.3, -0.25) is 9.69 Å². The van der Waals surface area contributed by atoms with Crippen molar-refractivity contribution in [3.63, 3.8) is 0 Å². The van der Waals surface area contributed by atoms with E-state index in [1.807, 2.05) is 63.4 Å². The Labute approximate surface area is 215 Å². The molecule has 0 radical (unpaired) electrons. The largest absolute Gasteiger partial charge is 0.293 e. The molecule has 1 aliphatic rings. The van der Waals surface area contributed by atoms with Crippen molar-refractivity contribution in [3.8, 4) is 16.9 Å². The van der Waals surface area contributed by atoms with Crippen LogP contribution in [-0.2, 0) is 14.8 Å². The van der Waals surface area contributed by atoms with Gasteiger partial charge in [-0.2, -0.15) is 9.40 Å². The smallest absolute Gasteiger partial charge is 0.266 e. The number of rotatable bonds is 8. The van der Waals surface area contributed by atoms with Crippen LogP contribution in [0.1, 0.15) is 26.3 Å². The van der Waals surface area contributed by atoms with Crippen molar-refractivity contribution >= 4 is 50.3 Å². The number of para-hydroxylation sites is 1. The molecule has 1 saturated heterocycles. The van der Waals surface area contributed by atoms with Gasteiger partial charge in [-0.1, -0.05) is 68.2 Å². The third-order valence-electron chi connectivity index (χ3n) is 5.69. The van der Waals surface area contributed by atoms with Gasteiger partial charge in [-0.05, 0) is 37.3 Å². The number of hydrogen-bond acceptors (Lipinski definition) is 6. The van der Waals surface area contributed by atoms with Crippen molar-refractivity contribution in [1.82, 2.24) is 19.0 Å². The van der Waals surface area contributed by atoms with E-state index in [1.54, 1.807) is 33.9 Å². The van der Waals surface area contributed by atoms with Crippen LogP contribution in [0, 0.1) is 0 Å². The Bertz CT molecular complexity index is 1390. The van der Waals surface area contributed by atoms with E-state index in [9.17, 15) is 13.2 Å². The van der Waals surface area contributed by atoms with E-state index in [-0.39, 0.29) is 10.8 Å². The van der Waals surface area contributed by atoms with Gasteiger partial charge < -0.3 is 0 Å². The maximum atomic E-state index is 13.1. The number of thiocarbonyl (C=S) groups is 1. The van der Waals surface area contributed by atoms with Crippen LogP contribution >= 0.6 is 24.0 Å². The van der Waals surface area contributed by atoms with Crippen molar-refractivity contribution in [3.05, 3.63) is 71.3 Å². The number of amides is 1. The maximum absolute atomic E-state index is 13.1. The first-order valence-electron chi connectivity index (χ1n) is 11.3. The number of carbonyl (C=O) groups excluding carboxylic acids is 1. The van der Waals surface area contributed by atoms with Gasteiger partial charge in [0.2, 0.25) is 10.0 Å². The summed E-state index contributed by atoms with van der Waals surface area (Å²) in [5.41, 5.74) is 2.77. The molecule has 0 unspecified atom stereocenters. The molecular weight excluding hydrogens is 501 g/mol. The second kappa shape index (κ2) is 10.4. The highest BCUT2D eigenvalue weighted by atomic mass is 32.2. The number of hydrogen-bond donors (Lipinski definition) is 0. The summed E-state index contributed by atoms with van der Waals surface area (Å²) in [4.78, 5) is 15.1. The number of likely N-dealkylation sites (N-methyl/N-ethyl adjacent to an activating group) is 1. The molecule has 1 amide bonds. The maximum Gasteiger partial charge on any atom is 0.266 e. The SMILES string of the molecule is CCN1C(=O)C(=Cc2cn(-c3ccccc3)nc2-c2cccc(S(=O)(=O)N(CC)CC)c2)SC1=S. The Morgan fingerprint density at radius 3 is 2.40 bits per heavy atom. The molecule has 182 valence electrons. The van der Waals surface area contributed by atoms with Crippen LogP contribution in [-0.4, -0.2) is 57.3 Å². The number of nitrogens with zero attached hydrogens (tertiary/aromatic N) is 4. The Balaban J connectivity index is 1.85. The van der Waals surface area contributed by atoms with E-state index in [2.05, 4.69) is 0 Å². The van der Waals surface area contributed by atoms with Gasteiger partial charge in [0.25, 0.3) is 5.91 Å². The minimum absolute atomic E-state index is 0.140. The highest BCUT2D eigenvalue weighted by Crippen LogP contribution is 2.35. The molecule has 2 heterocycles. The van der Waals surface area contributed by atoms with Gasteiger partial charge in [-0.25, -0.2) is 13.1 Å². The molecule has 0 spiro atoms. The molecule has 0 N–H and O–H groups in total. The second-order valence-electron chi connectivity index (χ2n) is 7.76. The summed E-state index contributed by atoms with van der Waals surface area (Å²) < 4.78 is 29.9. The summed E-state index contributed by atoms with van der Waals surface area (Å²) in [5, 5.41) is 4.78. The third kappa shape index (κ3) is 4.97. The summed E-state index contributed by atoms with van der Waals surface area (Å²) in [7, 11) is -3.64. The fraction of sp³-hybridized carbons (Fsp3) is 0.240. The van der Waals surface area contributed by atoms with Crippen LogP contribution < -0.4 is 0 Å². The molecule has 2 aromatic carbocycles. The van der Waals surface area contributed by atoms with Crippen LogP contribution in [0.3, 0.4) is 0 Å². The lowest BCUT2D eigenvalue weighted by Gasteiger charge is -2.18. The van der Waals surface area contributed by atoms with Crippen molar-refractivity contribution in [2.75, 3.05) is 19.6 Å². The summed E-state index contributed by atoms with van der Waals surface area (Å²) in [6.07, 6.45) is 3.62. The summed E-state index contributed by atoms with van der Waals surface area (Å²) in [6, 6.07) is 16.4. The Morgan fingerprint density at radius 1 is 1.06 bits per heavy atom. The predicted octanol–water partition coefficient (Wildman–Crippen LogP) is 4.79. The lowest BCUT2D eigenvalue weighted by atomic mass is 10.1. The molecule has 1 aromatic heterocycles. The number of aromatic nitrogens is 2. The van der Waals surface area contributed by atoms with E-state index in [1.165, 1.54) is 16.1 Å². The number of carbonyl (C=O) groups is 1. The molecule has 0 atom stereocenters. The Kier molecular flexibility index (Phi) is 7.56. The van der Waals surface area contributed by atoms with Crippen molar-refractivity contribution < 1.29 is 13.2 Å². The van der Waals surface area contributed by atoms with E-state index >= 15 is 0 Å². The molecule has 0 aliphatic carbocycles. The van der Waals surface area contributed by atoms with Crippen molar-refractivity contribution in [2.45, 2.75) is 25.7 Å². The van der Waals surface area contributed by atoms with Gasteiger partial charge >= 0.3 is 0 Å². The van der Waals surface area contributed by atoms with Gasteiger partial charge in [0.15, 0.2) is 0 Å². The van der Waals surface area contributed by atoms with Gasteiger partial charge in [-0.15, -0.1) is 0 Å². The second-order valence-corrected chi connectivity index (χ2v) is 11.4. The fourth-order valence-electron chi connectivity index (χ4n) is 3.86. The highest BCUT2D eigenvalue weighted by Gasteiger charge is 2.31. The highest BCUT2D eigenvalue weighted by molar-refractivity contribution is 8.26. The van der Waals surface area contributed by atoms with Crippen LogP contribution in [0.25, 0.3) is 23.0 Å². The fourth-order valence-corrected chi connectivity index (χ4v) is 6.74. The standard InChI is InChI=1S/C25H26N4O3S3/c1-4-27(5-2)35(31,32)21-14-10-11-18(15-21)23-19(16-22-24(30)28(6-3)25(33)34-22)17-29(26-23)20-12-8-7-9-13-20/h7-17H,4-6H2,1-3H3. The minimum atomic E-state index is -3.64. The summed E-state index contributed by atoms with van der Waals surface area (Å²) >= 11 is 6.62. The predicted molar refractivity (Wildman–Crippen MR) is 145 cm³/mol. The molecule has 1 fully saturated rings. The van der Waals surface area contributed by atoms with Gasteiger partial charge in [0, 0.05) is 37.0 Å². The molecule has 4 rings (SSSR count). The van der Waals surface area contributed by atoms with E-state index in [0.717, 1.165) is 5.69 Å². The lowest BCUT2D eigenvalue weighted by molar-refractivity contribution is -0.121. The van der Waals surface area contributed by atoms with E-state index in [0.29, 0.717) is 45.7 Å². The monoisotopic (exact) mass is 526 g/mol. The third-order valence-corrected chi connectivity index (χ3v) is 9.11. The minimum Gasteiger partial charge on any atom is -0.293 e. The topological polar surface area (TPSA) is 75.5 Å². The molecule has 0 bridgehead atoms. The first kappa shape index (κ1) is 25.3. The van der Waals surface area contributed by atoms with E-state index < -0.39 is 10.0 Å². The quantitative estimate of drug-likeness (QED) is 0.310. The van der Waals surface area contributed by atoms with Crippen molar-refractivity contribution in [1.29, 1.82) is 0 Å². The molecule has 10 heteroatoms. The summed E-state index contributed by atoms with van der Waals surface area (Å²) in [5.74, 6) is -0.140. The Morgan fingerprint density at radius 2 is 1.77 bits per heavy atom. The normalized spacial score (nSPS) is 15.5. The first-order chi connectivity index (χ1) is 16.8. The van der Waals surface area contributed by atoms with Crippen LogP contribution in [0.5, 0.6) is 0 Å². The van der Waals surface area contributed by atoms with Crippen LogP contribution in [0.4, 0.5) is 0 Å². The molecule has 0 saturated carbocycles. The van der Waals surface area contributed by atoms with Crippen LogP contribution in [0.15, 0.2) is 70.6 Å². The zero-order valence-electron chi connectivity index (χ0n) is 19.7. The van der Waals surface area contributed by atoms with Crippen molar-refractivity contribution in [2.24, 2.45) is 0 Å². The number of sulfonamides is 1. The zero-order chi connectivity index (χ0) is 25.2. The molecule has 1 aliphatic heterocycles. The van der Waals surface area contributed by atoms with Gasteiger partial charge in [0.1, 0.15) is 10.0 Å². The average molecular weight is 527 g/mol. The van der Waals surface area contributed by atoms with Crippen LogP contribution in [0.2, 0.25) is 0 Å². The number of thioether (sulfide) groups is 1. The lowest BCUT2D eigenvalue weighted by Crippen LogP contribution is -2.30. The zero-order valence-corrected chi connectivity index (χ0v) is 22.2. The summed E-state index contributed by atoms with van der Waals surface area (Å²) in [6.45, 7) is 6.79. The number of benzene rings is 2. The molecule has 7 nitrogen and oxygen atoms in total. The van der Waals surface area contributed by atoms with Gasteiger partial charge in [0.05, 0.1) is 15.5 Å². The van der Waals surface area contributed by atoms with E-state index in [4.69, 9.17) is 17.3 Å². The molecule has 35 heavy (non-hydrogen) atoms. The molecular formula is C25H26N4O3S3. The average Bonchev–Trinajstić information content (AvgIpc) is 3.40. The first-order valence-corrected chi connectivity index (χ1v) is 14.0. The Hall–Kier alpha value is -2.79. The molecule has 3 aromatic rings.